The van der Waals surface area contributed by atoms with Crippen LogP contribution in [0.2, 0.25) is 0 Å². The molecule has 2 aliphatic heterocycles. The van der Waals surface area contributed by atoms with E-state index < -0.39 is 195 Å². The summed E-state index contributed by atoms with van der Waals surface area (Å²) in [5, 5.41) is 101. The van der Waals surface area contributed by atoms with Crippen molar-refractivity contribution in [2.24, 2.45) is 11.5 Å². The summed E-state index contributed by atoms with van der Waals surface area (Å²) < 4.78 is 0. The molecule has 0 spiro atoms. The van der Waals surface area contributed by atoms with Gasteiger partial charge in [0.1, 0.15) is 54.4 Å². The van der Waals surface area contributed by atoms with Gasteiger partial charge in [0.05, 0.1) is 51.8 Å². The van der Waals surface area contributed by atoms with Crippen LogP contribution < -0.4 is 70.0 Å². The van der Waals surface area contributed by atoms with Gasteiger partial charge in [0.25, 0.3) is 0 Å². The highest BCUT2D eigenvalue weighted by Crippen LogP contribution is 2.26. The zero-order valence-electron chi connectivity index (χ0n) is 80.1. The number of nitrogens with zero attached hydrogens (tertiary/aromatic N) is 6. The molecule has 7 aromatic carbocycles. The smallest absolute Gasteiger partial charge is 0.317 e. The molecule has 0 radical (unpaired) electrons. The number of carbonyl (C=O) groups excluding carboxylic acids is 11. The Morgan fingerprint density at radius 1 is 0.400 bits per heavy atom. The molecule has 145 heavy (non-hydrogen) atoms. The van der Waals surface area contributed by atoms with Crippen molar-refractivity contribution in [2.75, 3.05) is 111 Å². The van der Waals surface area contributed by atoms with E-state index in [-0.39, 0.29) is 148 Å². The van der Waals surface area contributed by atoms with E-state index in [2.05, 4.69) is 78.4 Å². The molecule has 10 aromatic rings. The van der Waals surface area contributed by atoms with Crippen molar-refractivity contribution >= 4 is 127 Å². The van der Waals surface area contributed by atoms with Crippen LogP contribution in [0.3, 0.4) is 0 Å². The Labute approximate surface area is 835 Å². The number of carbonyl (C=O) groups is 14. The lowest BCUT2D eigenvalue weighted by molar-refractivity contribution is -0.142. The molecular formula is C102H126N24O19. The molecule has 2 fully saturated rings. The van der Waals surface area contributed by atoms with E-state index in [1.165, 1.54) is 17.4 Å². The van der Waals surface area contributed by atoms with Crippen molar-refractivity contribution in [1.29, 1.82) is 10.8 Å². The largest absolute Gasteiger partial charge is 0.480 e. The number of nitrogens with two attached hydrogens (primary N) is 2. The quantitative estimate of drug-likeness (QED) is 0.0102. The first-order valence-electron chi connectivity index (χ1n) is 48.1. The maximum absolute atomic E-state index is 15.7. The van der Waals surface area contributed by atoms with Gasteiger partial charge in [-0.2, -0.15) is 0 Å². The number of fused-ring (bicyclic) bond motifs is 3. The van der Waals surface area contributed by atoms with E-state index in [9.17, 15) is 54.3 Å². The van der Waals surface area contributed by atoms with Crippen LogP contribution in [0.5, 0.6) is 0 Å². The molecule has 2 saturated heterocycles. The van der Waals surface area contributed by atoms with E-state index in [1.54, 1.807) is 141 Å². The van der Waals surface area contributed by atoms with E-state index in [4.69, 9.17) is 22.3 Å². The fourth-order valence-corrected chi connectivity index (χ4v) is 17.9. The first-order valence-corrected chi connectivity index (χ1v) is 48.1. The lowest BCUT2D eigenvalue weighted by Crippen LogP contribution is -2.61. The number of nitrogens with one attached hydrogen (secondary N) is 16. The summed E-state index contributed by atoms with van der Waals surface area (Å²) >= 11 is 0. The maximum atomic E-state index is 15.7. The van der Waals surface area contributed by atoms with Gasteiger partial charge in [0, 0.05) is 161 Å². The molecular weight excluding hydrogens is 1870 g/mol. The highest BCUT2D eigenvalue weighted by atomic mass is 16.4. The monoisotopic (exact) mass is 1990 g/mol. The van der Waals surface area contributed by atoms with Gasteiger partial charge >= 0.3 is 17.9 Å². The number of para-hydroxylation sites is 2. The van der Waals surface area contributed by atoms with Gasteiger partial charge in [0.15, 0.2) is 17.7 Å². The second-order valence-electron chi connectivity index (χ2n) is 36.1. The number of likely N-dealkylation sites (tertiary alicyclic amines) is 1. The molecule has 5 heterocycles. The number of imidazole rings is 1. The molecule has 43 nitrogen and oxygen atoms in total. The Morgan fingerprint density at radius 3 is 1.30 bits per heavy atom. The Balaban J connectivity index is 0.804. The average molecular weight is 1990 g/mol. The van der Waals surface area contributed by atoms with Crippen LogP contribution >= 0.6 is 0 Å². The molecule has 0 saturated carbocycles. The standard InChI is InChI=1S/C102H126N24O19/c103-101(104)108-35-13-26-78(115-94(139)80(49-65-31-32-66-18-7-8-21-69(66)46-65)114-87(129)56-122-38-40-123(57-88(130)131)42-44-125(59-90(134)135)45-43-124(41-39-122)58-89(132)133)92(137)118-82(51-71-54-111-77-25-12-10-23-75(71)77)96(141)121-85(61-128)98(143)119-83(52-72-55-107-62-112-72)97(142)116-79(27-14-36-109-102(105)106)93(138)117-81(50-70-53-110-76-24-11-9-22-74(70)76)95(140)120-84(48-64-29-33-68(34-30-64)91(136)67-19-5-2-6-20-67)100(145)126-37-15-28-86(126)99(144)113-73(60-127)47-63-16-3-1-4-17-63/h1-12,16-25,29-34,46,53-55,62,73,78-86,110-111,127-128H,13-15,26-28,35-45,47-52,56-61H2,(H,107,112)(H,113,144)(H,114,129)(H,115,139)(H,116,142)(H,117,138)(H,118,137)(H,119,143)(H,120,140)(H,121,141)(H,130,131)(H,132,133)(H,134,135)(H4,103,104,108)(H4,105,106,109)/t73-,78-,79+,80-,81-,82-,83-,84+,85-,86-/m0/s1. The fourth-order valence-electron chi connectivity index (χ4n) is 17.9. The van der Waals surface area contributed by atoms with Crippen LogP contribution in [0.15, 0.2) is 201 Å². The third kappa shape index (κ3) is 32.9. The second-order valence-corrected chi connectivity index (χ2v) is 36.1. The second kappa shape index (κ2) is 53.9. The van der Waals surface area contributed by atoms with E-state index >= 15 is 38.4 Å². The van der Waals surface area contributed by atoms with Crippen LogP contribution in [0.4, 0.5) is 0 Å². The van der Waals surface area contributed by atoms with Crippen molar-refractivity contribution in [2.45, 2.75) is 137 Å². The summed E-state index contributed by atoms with van der Waals surface area (Å²) in [5.41, 5.74) is 16.6. The molecule has 25 N–H and O–H groups in total. The normalized spacial score (nSPS) is 15.8. The number of amides is 10. The Bertz CT molecular complexity index is 6120. The number of rotatable bonds is 50. The molecule has 0 aliphatic carbocycles. The van der Waals surface area contributed by atoms with Gasteiger partial charge in [-0.05, 0) is 95.7 Å². The lowest BCUT2D eigenvalue weighted by atomic mass is 9.98. The van der Waals surface area contributed by atoms with Crippen molar-refractivity contribution in [3.8, 4) is 0 Å². The minimum atomic E-state index is -1.94. The fraction of sp³-hybridized carbons (Fsp3) is 0.382. The first kappa shape index (κ1) is 108. The average Bonchev–Trinajstić information content (AvgIpc) is 1.72. The van der Waals surface area contributed by atoms with Crippen LogP contribution in [0.25, 0.3) is 32.6 Å². The van der Waals surface area contributed by atoms with Gasteiger partial charge < -0.3 is 115 Å². The Kier molecular flexibility index (Phi) is 40.1. The summed E-state index contributed by atoms with van der Waals surface area (Å²) in [6.45, 7) is -2.58. The molecule has 43 heteroatoms. The molecule has 768 valence electrons. The molecule has 3 aromatic heterocycles. The van der Waals surface area contributed by atoms with Crippen LogP contribution in [-0.4, -0.2) is 336 Å². The highest BCUT2D eigenvalue weighted by molar-refractivity contribution is 6.09. The van der Waals surface area contributed by atoms with Gasteiger partial charge in [-0.3, -0.25) is 97.5 Å². The summed E-state index contributed by atoms with van der Waals surface area (Å²) in [6, 6.07) is 36.4. The van der Waals surface area contributed by atoms with Crippen LogP contribution in [0, 0.1) is 10.8 Å². The number of H-pyrrole nitrogens is 3. The van der Waals surface area contributed by atoms with Crippen molar-refractivity contribution in [3.05, 3.63) is 245 Å². The molecule has 12 rings (SSSR count). The summed E-state index contributed by atoms with van der Waals surface area (Å²) in [6.07, 6.45) is 5.03. The third-order valence-electron chi connectivity index (χ3n) is 25.4. The van der Waals surface area contributed by atoms with Crippen molar-refractivity contribution in [3.63, 3.8) is 0 Å². The number of carboxylic acid groups (broad SMARTS) is 3. The van der Waals surface area contributed by atoms with Gasteiger partial charge in [-0.25, -0.2) is 4.98 Å². The Hall–Kier alpha value is -15.8. The minimum Gasteiger partial charge on any atom is -0.480 e. The molecule has 0 bridgehead atoms. The number of aliphatic hydroxyl groups excluding tert-OH is 2. The molecule has 10 atom stereocenters. The highest BCUT2D eigenvalue weighted by Gasteiger charge is 2.42. The Morgan fingerprint density at radius 2 is 0.814 bits per heavy atom. The van der Waals surface area contributed by atoms with Crippen molar-refractivity contribution < 1.29 is 92.7 Å². The van der Waals surface area contributed by atoms with Gasteiger partial charge in [0.2, 0.25) is 59.1 Å². The zero-order chi connectivity index (χ0) is 103. The number of hydrogen-bond acceptors (Lipinski definition) is 23. The first-order chi connectivity index (χ1) is 69.9. The number of hydrogen-bond donors (Lipinski definition) is 23. The van der Waals surface area contributed by atoms with Crippen LogP contribution in [0.1, 0.15) is 88.0 Å². The van der Waals surface area contributed by atoms with Gasteiger partial charge in [-0.15, -0.1) is 0 Å². The molecule has 10 amide bonds. The van der Waals surface area contributed by atoms with E-state index in [0.29, 0.717) is 61.6 Å². The van der Waals surface area contributed by atoms with E-state index in [1.807, 2.05) is 66.7 Å². The topological polar surface area (TPSA) is 649 Å². The number of aromatic nitrogens is 4. The summed E-state index contributed by atoms with van der Waals surface area (Å²) in [7, 11) is 0. The number of aromatic amines is 3. The van der Waals surface area contributed by atoms with Gasteiger partial charge in [-0.1, -0.05) is 164 Å². The number of ketones is 1. The molecule has 0 unspecified atom stereocenters. The molecule has 2 aliphatic rings. The van der Waals surface area contributed by atoms with Crippen molar-refractivity contribution in [1.82, 2.24) is 103 Å². The third-order valence-corrected chi connectivity index (χ3v) is 25.4. The lowest BCUT2D eigenvalue weighted by Gasteiger charge is -2.33. The number of aliphatic hydroxyl groups is 2. The predicted octanol–water partition coefficient (Wildman–Crippen LogP) is -0.147. The SMILES string of the molecule is N=C(N)NCCC[C@H](NC(=O)[C@H](Cc1ccc2ccccc2c1)NC(=O)CN1CCN(CC(=O)O)CCN(CC(=O)O)CCN(CC(=O)O)CC1)C(=O)N[C@@H](Cc1c[nH]c2ccccc12)C(=O)N[C@@H](CO)C(=O)N[C@@H](Cc1cnc[nH]1)C(=O)N[C@H](CCCNC(=N)N)C(=O)N[C@@H](Cc1c[nH]c2ccccc12)C(=O)N[C@H](Cc1ccc(C(=O)c2ccccc2)cc1)C(=O)N1CCC[C@H]1C(=O)N[C@H](CO)Cc1ccccc1. The summed E-state index contributed by atoms with van der Waals surface area (Å²) in [4.78, 5) is 224. The maximum Gasteiger partial charge on any atom is 0.317 e. The van der Waals surface area contributed by atoms with Crippen LogP contribution in [-0.2, 0) is 101 Å². The van der Waals surface area contributed by atoms with E-state index in [0.717, 1.165) is 16.3 Å². The predicted molar refractivity (Wildman–Crippen MR) is 537 cm³/mol. The minimum absolute atomic E-state index is 0.0116. The number of guanidine groups is 2. The zero-order valence-corrected chi connectivity index (χ0v) is 80.1. The summed E-state index contributed by atoms with van der Waals surface area (Å²) in [5.74, 6) is -13.5. The number of aliphatic carboxylic acids is 3. The number of carboxylic acids is 3. The number of benzene rings is 7.